The summed E-state index contributed by atoms with van der Waals surface area (Å²) in [6.45, 7) is 3.12. The van der Waals surface area contributed by atoms with Gasteiger partial charge in [0.25, 0.3) is 0 Å². The van der Waals surface area contributed by atoms with Crippen molar-refractivity contribution >= 4 is 29.3 Å². The van der Waals surface area contributed by atoms with Crippen LogP contribution in [0.25, 0.3) is 0 Å². The average Bonchev–Trinajstić information content (AvgIpc) is 2.36. The summed E-state index contributed by atoms with van der Waals surface area (Å²) in [4.78, 5) is 33.5. The van der Waals surface area contributed by atoms with Gasteiger partial charge >= 0.3 is 6.09 Å². The number of ether oxygens (including phenoxy) is 1. The maximum absolute atomic E-state index is 11.6. The van der Waals surface area contributed by atoms with Crippen LogP contribution in [0.2, 0.25) is 0 Å². The van der Waals surface area contributed by atoms with Crippen molar-refractivity contribution in [1.29, 1.82) is 0 Å². The Hall–Kier alpha value is -2.57. The van der Waals surface area contributed by atoms with Crippen LogP contribution in [0.5, 0.6) is 0 Å². The summed E-state index contributed by atoms with van der Waals surface area (Å²) in [5.41, 5.74) is 1.10. The van der Waals surface area contributed by atoms with Gasteiger partial charge in [0.1, 0.15) is 6.54 Å². The van der Waals surface area contributed by atoms with Gasteiger partial charge in [0.15, 0.2) is 0 Å². The van der Waals surface area contributed by atoms with Crippen LogP contribution in [0.1, 0.15) is 13.8 Å². The van der Waals surface area contributed by atoms with Gasteiger partial charge in [-0.1, -0.05) is 6.07 Å². The Kier molecular flexibility index (Phi) is 6.02. The molecule has 0 saturated heterocycles. The lowest BCUT2D eigenvalue weighted by Gasteiger charge is -2.08. The first kappa shape index (κ1) is 15.5. The molecule has 0 saturated carbocycles. The summed E-state index contributed by atoms with van der Waals surface area (Å²) < 4.78 is 4.63. The van der Waals surface area contributed by atoms with Crippen molar-refractivity contribution in [3.63, 3.8) is 0 Å². The normalized spacial score (nSPS) is 9.50. The number of rotatable bonds is 5. The monoisotopic (exact) mass is 279 g/mol. The molecule has 0 spiro atoms. The molecule has 1 rings (SSSR count). The molecule has 0 bridgehead atoms. The Labute approximate surface area is 116 Å². The van der Waals surface area contributed by atoms with Crippen LogP contribution in [0.15, 0.2) is 24.3 Å². The zero-order chi connectivity index (χ0) is 15.0. The second-order valence-corrected chi connectivity index (χ2v) is 3.88. The quantitative estimate of drug-likeness (QED) is 0.757. The van der Waals surface area contributed by atoms with E-state index < -0.39 is 12.0 Å². The molecule has 7 nitrogen and oxygen atoms in total. The molecule has 1 aromatic carbocycles. The van der Waals surface area contributed by atoms with E-state index in [1.54, 1.807) is 31.2 Å². The van der Waals surface area contributed by atoms with E-state index in [-0.39, 0.29) is 19.1 Å². The summed E-state index contributed by atoms with van der Waals surface area (Å²) in [7, 11) is 0. The summed E-state index contributed by atoms with van der Waals surface area (Å²) in [6, 6.07) is 6.69. The zero-order valence-electron chi connectivity index (χ0n) is 11.4. The molecule has 0 heterocycles. The molecular formula is C13H17N3O4. The maximum atomic E-state index is 11.6. The van der Waals surface area contributed by atoms with Crippen molar-refractivity contribution in [2.75, 3.05) is 23.8 Å². The topological polar surface area (TPSA) is 96.5 Å². The smallest absolute Gasteiger partial charge is 0.407 e. The second-order valence-electron chi connectivity index (χ2n) is 3.88. The molecule has 0 aromatic heterocycles. The Morgan fingerprint density at radius 2 is 1.80 bits per heavy atom. The third-order valence-corrected chi connectivity index (χ3v) is 2.14. The van der Waals surface area contributed by atoms with Gasteiger partial charge in [-0.2, -0.15) is 0 Å². The summed E-state index contributed by atoms with van der Waals surface area (Å²) in [5, 5.41) is 7.51. The first-order valence-electron chi connectivity index (χ1n) is 6.09. The third kappa shape index (κ3) is 5.85. The Morgan fingerprint density at radius 3 is 2.40 bits per heavy atom. The highest BCUT2D eigenvalue weighted by Gasteiger charge is 2.06. The SMILES string of the molecule is CCOC(=O)NCC(=O)Nc1cccc(NC(C)=O)c1. The predicted molar refractivity (Wildman–Crippen MR) is 74.4 cm³/mol. The molecule has 0 aliphatic rings. The maximum Gasteiger partial charge on any atom is 0.407 e. The van der Waals surface area contributed by atoms with Crippen molar-refractivity contribution in [2.24, 2.45) is 0 Å². The standard InChI is InChI=1S/C13H17N3O4/c1-3-20-13(19)14-8-12(18)16-11-6-4-5-10(7-11)15-9(2)17/h4-7H,3,8H2,1-2H3,(H,14,19)(H,15,17)(H,16,18). The molecule has 7 heteroatoms. The molecule has 3 amide bonds. The minimum Gasteiger partial charge on any atom is -0.450 e. The molecular weight excluding hydrogens is 262 g/mol. The van der Waals surface area contributed by atoms with Crippen molar-refractivity contribution in [3.8, 4) is 0 Å². The second kappa shape index (κ2) is 7.78. The molecule has 20 heavy (non-hydrogen) atoms. The van der Waals surface area contributed by atoms with Crippen LogP contribution in [0.3, 0.4) is 0 Å². The number of benzene rings is 1. The van der Waals surface area contributed by atoms with Gasteiger partial charge in [-0.3, -0.25) is 9.59 Å². The number of anilines is 2. The van der Waals surface area contributed by atoms with E-state index >= 15 is 0 Å². The molecule has 0 aliphatic carbocycles. The molecule has 0 atom stereocenters. The van der Waals surface area contributed by atoms with E-state index in [0.717, 1.165) is 0 Å². The third-order valence-electron chi connectivity index (χ3n) is 2.14. The number of alkyl carbamates (subject to hydrolysis) is 1. The molecule has 0 aliphatic heterocycles. The van der Waals surface area contributed by atoms with Crippen LogP contribution in [0, 0.1) is 0 Å². The van der Waals surface area contributed by atoms with Crippen LogP contribution < -0.4 is 16.0 Å². The molecule has 108 valence electrons. The first-order chi connectivity index (χ1) is 9.51. The highest BCUT2D eigenvalue weighted by Crippen LogP contribution is 2.14. The number of hydrogen-bond acceptors (Lipinski definition) is 4. The van der Waals surface area contributed by atoms with Crippen LogP contribution in [-0.4, -0.2) is 31.1 Å². The van der Waals surface area contributed by atoms with E-state index in [9.17, 15) is 14.4 Å². The van der Waals surface area contributed by atoms with Crippen molar-refractivity contribution < 1.29 is 19.1 Å². The van der Waals surface area contributed by atoms with Crippen molar-refractivity contribution in [3.05, 3.63) is 24.3 Å². The fraction of sp³-hybridized carbons (Fsp3) is 0.308. The number of carbonyl (C=O) groups is 3. The van der Waals surface area contributed by atoms with Gasteiger partial charge < -0.3 is 20.7 Å². The van der Waals surface area contributed by atoms with E-state index in [1.165, 1.54) is 6.92 Å². The highest BCUT2D eigenvalue weighted by atomic mass is 16.5. The van der Waals surface area contributed by atoms with Crippen LogP contribution >= 0.6 is 0 Å². The van der Waals surface area contributed by atoms with Gasteiger partial charge in [0, 0.05) is 18.3 Å². The largest absolute Gasteiger partial charge is 0.450 e. The van der Waals surface area contributed by atoms with Crippen LogP contribution in [-0.2, 0) is 14.3 Å². The number of nitrogens with one attached hydrogen (secondary N) is 3. The summed E-state index contributed by atoms with van der Waals surface area (Å²) in [5.74, 6) is -0.588. The Bertz CT molecular complexity index is 502. The molecule has 3 N–H and O–H groups in total. The van der Waals surface area contributed by atoms with Gasteiger partial charge in [-0.05, 0) is 25.1 Å². The lowest BCUT2D eigenvalue weighted by atomic mass is 10.2. The van der Waals surface area contributed by atoms with Crippen molar-refractivity contribution in [1.82, 2.24) is 5.32 Å². The lowest BCUT2D eigenvalue weighted by molar-refractivity contribution is -0.115. The minimum atomic E-state index is -0.644. The average molecular weight is 279 g/mol. The zero-order valence-corrected chi connectivity index (χ0v) is 11.4. The Balaban J connectivity index is 2.49. The van der Waals surface area contributed by atoms with E-state index in [1.807, 2.05) is 0 Å². The minimum absolute atomic E-state index is 0.191. The predicted octanol–water partition coefficient (Wildman–Crippen LogP) is 1.33. The van der Waals surface area contributed by atoms with E-state index in [4.69, 9.17) is 0 Å². The van der Waals surface area contributed by atoms with E-state index in [2.05, 4.69) is 20.7 Å². The van der Waals surface area contributed by atoms with Gasteiger partial charge in [-0.15, -0.1) is 0 Å². The van der Waals surface area contributed by atoms with E-state index in [0.29, 0.717) is 11.4 Å². The number of amides is 3. The molecule has 1 aromatic rings. The van der Waals surface area contributed by atoms with Gasteiger partial charge in [0.2, 0.25) is 11.8 Å². The fourth-order valence-electron chi connectivity index (χ4n) is 1.42. The molecule has 0 unspecified atom stereocenters. The first-order valence-corrected chi connectivity index (χ1v) is 6.09. The fourth-order valence-corrected chi connectivity index (χ4v) is 1.42. The summed E-state index contributed by atoms with van der Waals surface area (Å²) >= 11 is 0. The van der Waals surface area contributed by atoms with Gasteiger partial charge in [-0.25, -0.2) is 4.79 Å². The molecule has 0 fully saturated rings. The molecule has 0 radical (unpaired) electrons. The summed E-state index contributed by atoms with van der Waals surface area (Å²) in [6.07, 6.45) is -0.644. The Morgan fingerprint density at radius 1 is 1.15 bits per heavy atom. The van der Waals surface area contributed by atoms with Gasteiger partial charge in [0.05, 0.1) is 6.61 Å². The van der Waals surface area contributed by atoms with Crippen LogP contribution in [0.4, 0.5) is 16.2 Å². The van der Waals surface area contributed by atoms with Crippen molar-refractivity contribution in [2.45, 2.75) is 13.8 Å². The highest BCUT2D eigenvalue weighted by molar-refractivity contribution is 5.95. The number of carbonyl (C=O) groups excluding carboxylic acids is 3. The lowest BCUT2D eigenvalue weighted by Crippen LogP contribution is -2.33. The number of hydrogen-bond donors (Lipinski definition) is 3.